The Hall–Kier alpha value is -3.37. The van der Waals surface area contributed by atoms with Gasteiger partial charge in [-0.2, -0.15) is 0 Å². The monoisotopic (exact) mass is 509 g/mol. The molecule has 0 aliphatic carbocycles. The molecule has 0 unspecified atom stereocenters. The molecule has 0 amide bonds. The van der Waals surface area contributed by atoms with Crippen molar-refractivity contribution in [3.05, 3.63) is 73.0 Å². The van der Waals surface area contributed by atoms with Gasteiger partial charge in [0.2, 0.25) is 0 Å². The largest absolute Gasteiger partial charge is 0.367 e. The lowest BCUT2D eigenvalue weighted by molar-refractivity contribution is 0.313. The Morgan fingerprint density at radius 3 is 2.36 bits per heavy atom. The van der Waals surface area contributed by atoms with Gasteiger partial charge in [-0.3, -0.25) is 14.9 Å². The van der Waals surface area contributed by atoms with Crippen LogP contribution in [0.5, 0.6) is 0 Å². The maximum Gasteiger partial charge on any atom is 0.323 e. The highest BCUT2D eigenvalue weighted by Gasteiger charge is 2.19. The number of imidazole rings is 1. The van der Waals surface area contributed by atoms with Crippen LogP contribution >= 0.6 is 15.9 Å². The fourth-order valence-electron chi connectivity index (χ4n) is 4.08. The van der Waals surface area contributed by atoms with Crippen molar-refractivity contribution in [1.29, 1.82) is 0 Å². The summed E-state index contributed by atoms with van der Waals surface area (Å²) in [6.45, 7) is 5.46. The molecule has 0 radical (unpaired) electrons. The standard InChI is InChI=1S/C23H24BrN7O2/c1-14-17(22(32)31(28-14)16-5-3-15(24)4-6-16)13-25-20-11-18-19(27-23(33)26-18)12-21(20)30-9-7-29(2)8-10-30/h3-6,11-13,28H,7-10H2,1-2H3,(H2,26,27,33). The van der Waals surface area contributed by atoms with Crippen molar-refractivity contribution in [2.75, 3.05) is 38.1 Å². The number of hydrogen-bond donors (Lipinski definition) is 3. The number of aromatic nitrogens is 4. The van der Waals surface area contributed by atoms with E-state index in [0.29, 0.717) is 16.8 Å². The lowest BCUT2D eigenvalue weighted by Gasteiger charge is -2.34. The number of halogens is 1. The van der Waals surface area contributed by atoms with Crippen LogP contribution in [0, 0.1) is 6.92 Å². The Morgan fingerprint density at radius 2 is 1.67 bits per heavy atom. The molecule has 0 atom stereocenters. The van der Waals surface area contributed by atoms with E-state index in [4.69, 9.17) is 4.99 Å². The summed E-state index contributed by atoms with van der Waals surface area (Å²) in [7, 11) is 2.11. The number of aliphatic imine (C=N–C) groups is 1. The first-order valence-electron chi connectivity index (χ1n) is 10.7. The predicted octanol–water partition coefficient (Wildman–Crippen LogP) is 2.91. The number of nitrogens with one attached hydrogen (secondary N) is 3. The maximum absolute atomic E-state index is 13.1. The van der Waals surface area contributed by atoms with Crippen molar-refractivity contribution in [3.8, 4) is 5.69 Å². The van der Waals surface area contributed by atoms with Crippen LogP contribution in [0.2, 0.25) is 0 Å². The fraction of sp³-hybridized carbons (Fsp3) is 0.261. The number of hydrogen-bond acceptors (Lipinski definition) is 5. The summed E-state index contributed by atoms with van der Waals surface area (Å²) in [5.74, 6) is 0. The second kappa shape index (κ2) is 8.53. The summed E-state index contributed by atoms with van der Waals surface area (Å²) < 4.78 is 2.45. The van der Waals surface area contributed by atoms with Gasteiger partial charge in [-0.05, 0) is 50.4 Å². The van der Waals surface area contributed by atoms with E-state index in [1.807, 2.05) is 43.3 Å². The molecular formula is C23H24BrN7O2. The molecule has 9 nitrogen and oxygen atoms in total. The summed E-state index contributed by atoms with van der Waals surface area (Å²) in [6.07, 6.45) is 1.61. The second-order valence-electron chi connectivity index (χ2n) is 8.28. The van der Waals surface area contributed by atoms with E-state index in [9.17, 15) is 9.59 Å². The summed E-state index contributed by atoms with van der Waals surface area (Å²) in [4.78, 5) is 39.8. The minimum Gasteiger partial charge on any atom is -0.367 e. The first kappa shape index (κ1) is 21.5. The molecule has 0 bridgehead atoms. The summed E-state index contributed by atoms with van der Waals surface area (Å²) in [5, 5.41) is 3.13. The lowest BCUT2D eigenvalue weighted by atomic mass is 10.2. The Balaban J connectivity index is 1.55. The lowest BCUT2D eigenvalue weighted by Crippen LogP contribution is -2.44. The van der Waals surface area contributed by atoms with E-state index in [1.165, 1.54) is 4.68 Å². The smallest absolute Gasteiger partial charge is 0.323 e. The topological polar surface area (TPSA) is 105 Å². The van der Waals surface area contributed by atoms with Crippen LogP contribution < -0.4 is 16.1 Å². The summed E-state index contributed by atoms with van der Waals surface area (Å²) in [6, 6.07) is 11.3. The highest BCUT2D eigenvalue weighted by molar-refractivity contribution is 9.10. The van der Waals surface area contributed by atoms with Crippen LogP contribution in [0.3, 0.4) is 0 Å². The van der Waals surface area contributed by atoms with E-state index < -0.39 is 0 Å². The van der Waals surface area contributed by atoms with Crippen LogP contribution in [0.25, 0.3) is 16.7 Å². The molecule has 2 aromatic carbocycles. The molecule has 3 heterocycles. The van der Waals surface area contributed by atoms with Crippen LogP contribution in [-0.4, -0.2) is 64.1 Å². The molecule has 5 rings (SSSR count). The quantitative estimate of drug-likeness (QED) is 0.367. The van der Waals surface area contributed by atoms with Gasteiger partial charge in [0.1, 0.15) is 0 Å². The zero-order valence-electron chi connectivity index (χ0n) is 18.4. The Morgan fingerprint density at radius 1 is 1.00 bits per heavy atom. The number of fused-ring (bicyclic) bond motifs is 1. The van der Waals surface area contributed by atoms with Gasteiger partial charge >= 0.3 is 5.69 Å². The molecule has 170 valence electrons. The van der Waals surface area contributed by atoms with Crippen LogP contribution in [0.4, 0.5) is 11.4 Å². The normalized spacial score (nSPS) is 15.2. The summed E-state index contributed by atoms with van der Waals surface area (Å²) >= 11 is 3.42. The van der Waals surface area contributed by atoms with E-state index >= 15 is 0 Å². The van der Waals surface area contributed by atoms with Gasteiger partial charge in [-0.15, -0.1) is 0 Å². The van der Waals surface area contributed by atoms with Crippen molar-refractivity contribution in [2.45, 2.75) is 6.92 Å². The minimum absolute atomic E-state index is 0.171. The number of nitrogens with zero attached hydrogens (tertiary/aromatic N) is 4. The third-order valence-electron chi connectivity index (χ3n) is 5.99. The Labute approximate surface area is 197 Å². The number of likely N-dealkylation sites (N-methyl/N-ethyl adjacent to an activating group) is 1. The van der Waals surface area contributed by atoms with Gasteiger partial charge in [0.25, 0.3) is 5.56 Å². The van der Waals surface area contributed by atoms with Crippen LogP contribution in [0.15, 0.2) is 55.5 Å². The minimum atomic E-state index is -0.255. The predicted molar refractivity (Wildman–Crippen MR) is 135 cm³/mol. The Kier molecular flexibility index (Phi) is 5.55. The van der Waals surface area contributed by atoms with Gasteiger partial charge in [0.05, 0.1) is 33.7 Å². The van der Waals surface area contributed by atoms with E-state index in [0.717, 1.165) is 53.2 Å². The number of benzene rings is 2. The average Bonchev–Trinajstić information content (AvgIpc) is 3.30. The first-order valence-corrected chi connectivity index (χ1v) is 11.5. The molecule has 0 saturated carbocycles. The molecule has 4 aromatic rings. The number of rotatable bonds is 4. The van der Waals surface area contributed by atoms with Crippen LogP contribution in [-0.2, 0) is 0 Å². The molecule has 3 N–H and O–H groups in total. The number of anilines is 1. The maximum atomic E-state index is 13.1. The number of piperazine rings is 1. The summed E-state index contributed by atoms with van der Waals surface area (Å²) in [5.41, 5.74) is 4.60. The number of aryl methyl sites for hydroxylation is 1. The second-order valence-corrected chi connectivity index (χ2v) is 9.20. The molecule has 2 aromatic heterocycles. The van der Waals surface area contributed by atoms with Crippen LogP contribution in [0.1, 0.15) is 11.3 Å². The molecule has 1 aliphatic rings. The van der Waals surface area contributed by atoms with E-state index in [2.05, 4.69) is 47.8 Å². The third-order valence-corrected chi connectivity index (χ3v) is 6.52. The molecule has 1 aliphatic heterocycles. The van der Waals surface area contributed by atoms with Crippen molar-refractivity contribution in [3.63, 3.8) is 0 Å². The van der Waals surface area contributed by atoms with Gasteiger partial charge in [-0.25, -0.2) is 9.48 Å². The zero-order chi connectivity index (χ0) is 23.1. The molecule has 33 heavy (non-hydrogen) atoms. The zero-order valence-corrected chi connectivity index (χ0v) is 19.9. The van der Waals surface area contributed by atoms with Crippen molar-refractivity contribution < 1.29 is 0 Å². The van der Waals surface area contributed by atoms with Crippen molar-refractivity contribution >= 4 is 44.6 Å². The number of aromatic amines is 3. The molecule has 0 spiro atoms. The van der Waals surface area contributed by atoms with Crippen molar-refractivity contribution in [2.24, 2.45) is 4.99 Å². The fourth-order valence-corrected chi connectivity index (χ4v) is 4.35. The average molecular weight is 510 g/mol. The molecular weight excluding hydrogens is 486 g/mol. The van der Waals surface area contributed by atoms with E-state index in [-0.39, 0.29) is 11.2 Å². The highest BCUT2D eigenvalue weighted by atomic mass is 79.9. The highest BCUT2D eigenvalue weighted by Crippen LogP contribution is 2.32. The third kappa shape index (κ3) is 4.19. The van der Waals surface area contributed by atoms with Gasteiger partial charge in [0, 0.05) is 42.6 Å². The van der Waals surface area contributed by atoms with Gasteiger partial charge in [-0.1, -0.05) is 15.9 Å². The first-order chi connectivity index (χ1) is 15.9. The van der Waals surface area contributed by atoms with Crippen molar-refractivity contribution in [1.82, 2.24) is 24.6 Å². The molecule has 1 saturated heterocycles. The number of H-pyrrole nitrogens is 3. The van der Waals surface area contributed by atoms with Gasteiger partial charge < -0.3 is 19.8 Å². The van der Waals surface area contributed by atoms with Gasteiger partial charge in [0.15, 0.2) is 0 Å². The molecule has 10 heteroatoms. The van der Waals surface area contributed by atoms with E-state index in [1.54, 1.807) is 6.21 Å². The SMILES string of the molecule is Cc1[nH]n(-c2ccc(Br)cc2)c(=O)c1C=Nc1cc2[nH]c(=O)[nH]c2cc1N1CCN(C)CC1. The molecule has 1 fully saturated rings. The Bertz CT molecular complexity index is 1450.